The van der Waals surface area contributed by atoms with E-state index in [1.165, 1.54) is 17.1 Å². The van der Waals surface area contributed by atoms with Crippen LogP contribution in [-0.2, 0) is 35.4 Å². The molecule has 11 N–H and O–H groups in total. The number of thiazole rings is 1. The van der Waals surface area contributed by atoms with E-state index in [9.17, 15) is 49.0 Å². The Morgan fingerprint density at radius 3 is 2.60 bits per heavy atom. The Labute approximate surface area is 320 Å². The number of thioether (sulfide) groups is 1. The summed E-state index contributed by atoms with van der Waals surface area (Å²) in [5.74, 6) is -6.97. The highest BCUT2D eigenvalue weighted by Gasteiger charge is 2.54. The number of amides is 4. The molecule has 5 heterocycles. The Kier molecular flexibility index (Phi) is 11.8. The molecule has 3 aromatic heterocycles. The lowest BCUT2D eigenvalue weighted by Crippen LogP contribution is -2.71. The lowest BCUT2D eigenvalue weighted by Gasteiger charge is -2.49. The third-order valence-electron chi connectivity index (χ3n) is 7.67. The fraction of sp³-hybridized carbons (Fsp3) is 0.276. The van der Waals surface area contributed by atoms with Crippen molar-refractivity contribution in [1.29, 1.82) is 0 Å². The average Bonchev–Trinajstić information content (AvgIpc) is 3.46. The molecule has 0 saturated carbocycles. The number of halogens is 1. The van der Waals surface area contributed by atoms with Crippen molar-refractivity contribution in [3.05, 3.63) is 62.0 Å². The second-order valence-corrected chi connectivity index (χ2v) is 14.2. The standard InChI is InChI=1S/C29H28ClN11O12S2/c1-10(27(48)49)53-38-18(17-21(30)55-29(32)37-17)24(46)36-19-25(47)41-20(28(50)51)11(8-54-26(19)41)5-39-6-12(22(31)34-9-39)35-16(44)2-3-33-23(45)13-4-14(42)15(43)7-40(13)52/h4,6-7,9-10,19,26,31,52H,2-3,5,8H2,1H3,(H8,32,33,35,36,37,43,44,45,46,48,49,50,51)/p+1/b38-18-/t10-,19+,26?/m0/s1. The van der Waals surface area contributed by atoms with Crippen molar-refractivity contribution in [3.63, 3.8) is 0 Å². The predicted octanol–water partition coefficient (Wildman–Crippen LogP) is -1.86. The Balaban J connectivity index is 1.25. The molecule has 0 spiro atoms. The number of hydrogen-bond acceptors (Lipinski definition) is 17. The van der Waals surface area contributed by atoms with Crippen molar-refractivity contribution in [2.24, 2.45) is 5.16 Å². The zero-order valence-corrected chi connectivity index (χ0v) is 30.3. The highest BCUT2D eigenvalue weighted by molar-refractivity contribution is 8.00. The lowest BCUT2D eigenvalue weighted by molar-refractivity contribution is -0.691. The number of carboxylic acid groups (broad SMARTS) is 2. The summed E-state index contributed by atoms with van der Waals surface area (Å²) < 4.78 is 1.59. The van der Waals surface area contributed by atoms with Crippen molar-refractivity contribution in [2.75, 3.05) is 29.1 Å². The van der Waals surface area contributed by atoms with Crippen molar-refractivity contribution < 1.29 is 58.7 Å². The van der Waals surface area contributed by atoms with Crippen molar-refractivity contribution in [3.8, 4) is 5.75 Å². The highest BCUT2D eigenvalue weighted by Crippen LogP contribution is 2.40. The van der Waals surface area contributed by atoms with Crippen LogP contribution >= 0.6 is 34.7 Å². The summed E-state index contributed by atoms with van der Waals surface area (Å²) >= 11 is 8.09. The molecule has 0 aromatic carbocycles. The van der Waals surface area contributed by atoms with Crippen LogP contribution in [0.3, 0.4) is 0 Å². The Hall–Kier alpha value is -6.47. The number of carbonyl (C=O) groups is 6. The molecule has 2 aliphatic rings. The largest absolute Gasteiger partial charge is 0.503 e. The minimum absolute atomic E-state index is 0.0318. The highest BCUT2D eigenvalue weighted by atomic mass is 35.5. The molecule has 0 bridgehead atoms. The van der Waals surface area contributed by atoms with Gasteiger partial charge in [-0.3, -0.25) is 28.9 Å². The number of hydrogen-bond donors (Lipinski definition) is 9. The van der Waals surface area contributed by atoms with Crippen LogP contribution in [0.4, 0.5) is 16.6 Å². The predicted molar refractivity (Wildman–Crippen MR) is 190 cm³/mol. The van der Waals surface area contributed by atoms with E-state index in [4.69, 9.17) is 33.0 Å². The van der Waals surface area contributed by atoms with Crippen molar-refractivity contribution in [1.82, 2.24) is 30.2 Å². The van der Waals surface area contributed by atoms with Crippen LogP contribution in [0.5, 0.6) is 5.75 Å². The molecule has 1 fully saturated rings. The molecule has 3 aromatic rings. The molecule has 4 amide bonds. The maximum atomic E-state index is 13.3. The summed E-state index contributed by atoms with van der Waals surface area (Å²) in [6, 6.07) is -0.531. The number of pyridine rings is 1. The molecule has 55 heavy (non-hydrogen) atoms. The summed E-state index contributed by atoms with van der Waals surface area (Å²) in [6.45, 7) is 0.797. The summed E-state index contributed by atoms with van der Waals surface area (Å²) in [4.78, 5) is 101. The number of anilines is 3. The minimum atomic E-state index is -1.47. The SMILES string of the molecule is C[C@H](O/N=C(\C(=O)N[C@@H]1C(=O)N2C(C(=O)O)=C(C[n+]3cnc(N)c(NC(=O)CCNC(=O)c4cc(=O)c(O)cn4O)c3)CSC12)c1nc(N)sc1Cl)C(=O)O. The van der Waals surface area contributed by atoms with Crippen LogP contribution in [0.1, 0.15) is 29.5 Å². The van der Waals surface area contributed by atoms with Gasteiger partial charge in [-0.15, -0.1) is 11.8 Å². The normalized spacial score (nSPS) is 17.1. The van der Waals surface area contributed by atoms with E-state index in [1.54, 1.807) is 0 Å². The smallest absolute Gasteiger partial charge is 0.352 e. The number of carbonyl (C=O) groups excluding carboxylic acids is 4. The second kappa shape index (κ2) is 16.3. The van der Waals surface area contributed by atoms with Gasteiger partial charge in [0, 0.05) is 30.4 Å². The minimum Gasteiger partial charge on any atom is -0.503 e. The first-order chi connectivity index (χ1) is 26.0. The fourth-order valence-electron chi connectivity index (χ4n) is 5.00. The fourth-order valence-corrected chi connectivity index (χ4v) is 7.26. The zero-order valence-electron chi connectivity index (χ0n) is 28.0. The van der Waals surface area contributed by atoms with Gasteiger partial charge in [0.2, 0.25) is 17.4 Å². The van der Waals surface area contributed by atoms with E-state index >= 15 is 0 Å². The first-order valence-corrected chi connectivity index (χ1v) is 17.7. The molecule has 23 nitrogen and oxygen atoms in total. The number of nitrogens with two attached hydrogens (primary N) is 2. The van der Waals surface area contributed by atoms with E-state index < -0.39 is 75.7 Å². The third-order valence-corrected chi connectivity index (χ3v) is 10.1. The van der Waals surface area contributed by atoms with E-state index in [0.717, 1.165) is 34.9 Å². The number of nitrogen functional groups attached to an aromatic ring is 2. The second-order valence-electron chi connectivity index (χ2n) is 11.5. The van der Waals surface area contributed by atoms with Gasteiger partial charge in [0.05, 0.1) is 6.20 Å². The molecule has 290 valence electrons. The van der Waals surface area contributed by atoms with Gasteiger partial charge in [-0.25, -0.2) is 19.1 Å². The van der Waals surface area contributed by atoms with E-state index in [0.29, 0.717) is 12.3 Å². The number of aromatic hydroxyl groups is 1. The maximum absolute atomic E-state index is 13.3. The average molecular weight is 823 g/mol. The molecule has 1 saturated heterocycles. The number of nitrogens with one attached hydrogen (secondary N) is 3. The molecule has 1 unspecified atom stereocenters. The van der Waals surface area contributed by atoms with Gasteiger partial charge < -0.3 is 52.8 Å². The summed E-state index contributed by atoms with van der Waals surface area (Å²) in [5.41, 5.74) is 9.38. The Morgan fingerprint density at radius 1 is 1.22 bits per heavy atom. The first kappa shape index (κ1) is 39.7. The topological polar surface area (TPSA) is 348 Å². The first-order valence-electron chi connectivity index (χ1n) is 15.4. The van der Waals surface area contributed by atoms with Gasteiger partial charge in [-0.1, -0.05) is 28.1 Å². The van der Waals surface area contributed by atoms with E-state index in [1.807, 2.05) is 0 Å². The number of aromatic nitrogens is 4. The van der Waals surface area contributed by atoms with Crippen LogP contribution in [0.2, 0.25) is 4.34 Å². The van der Waals surface area contributed by atoms with Gasteiger partial charge in [0.25, 0.3) is 29.9 Å². The summed E-state index contributed by atoms with van der Waals surface area (Å²) in [7, 11) is 0. The summed E-state index contributed by atoms with van der Waals surface area (Å²) in [6.07, 6.45) is 1.52. The maximum Gasteiger partial charge on any atom is 0.352 e. The quantitative estimate of drug-likeness (QED) is 0.0283. The molecule has 0 aliphatic carbocycles. The molecule has 5 rings (SSSR count). The van der Waals surface area contributed by atoms with Gasteiger partial charge in [0.1, 0.15) is 45.6 Å². The zero-order chi connectivity index (χ0) is 40.3. The molecule has 26 heteroatoms. The number of β-lactam (4-membered cyclic amide) rings is 1. The van der Waals surface area contributed by atoms with E-state index in [2.05, 4.69) is 31.1 Å². The van der Waals surface area contributed by atoms with Crippen LogP contribution in [-0.4, -0.2) is 111 Å². The van der Waals surface area contributed by atoms with Crippen LogP contribution in [0, 0.1) is 0 Å². The van der Waals surface area contributed by atoms with Crippen LogP contribution in [0.15, 0.2) is 46.0 Å². The number of aliphatic carboxylic acids is 2. The van der Waals surface area contributed by atoms with Crippen molar-refractivity contribution in [2.45, 2.75) is 37.4 Å². The van der Waals surface area contributed by atoms with Crippen LogP contribution < -0.4 is 37.4 Å². The van der Waals surface area contributed by atoms with E-state index in [-0.39, 0.29) is 67.9 Å². The lowest BCUT2D eigenvalue weighted by atomic mass is 10.0. The van der Waals surface area contributed by atoms with Gasteiger partial charge in [-0.05, 0) is 11.9 Å². The number of carboxylic acids is 2. The third kappa shape index (κ3) is 8.68. The Morgan fingerprint density at radius 2 is 1.95 bits per heavy atom. The molecule has 2 aliphatic heterocycles. The van der Waals surface area contributed by atoms with Gasteiger partial charge >= 0.3 is 11.9 Å². The summed E-state index contributed by atoms with van der Waals surface area (Å²) in [5, 5.41) is 48.4. The molecule has 0 radical (unpaired) electrons. The molecule has 3 atom stereocenters. The molecular weight excluding hydrogens is 794 g/mol. The Bertz CT molecular complexity index is 2240. The number of oxime groups is 1. The van der Waals surface area contributed by atoms with Gasteiger partial charge in [-0.2, -0.15) is 4.73 Å². The number of nitrogens with zero attached hydrogens (tertiary/aromatic N) is 6. The van der Waals surface area contributed by atoms with Crippen molar-refractivity contribution >= 4 is 92.6 Å². The number of fused-ring (bicyclic) bond motifs is 1. The van der Waals surface area contributed by atoms with Crippen LogP contribution in [0.25, 0.3) is 0 Å². The molecular formula is C29H29ClN11O12S2+. The van der Waals surface area contributed by atoms with Gasteiger partial charge in [0.15, 0.2) is 22.3 Å². The monoisotopic (exact) mass is 822 g/mol. The number of rotatable bonds is 14.